The Balaban J connectivity index is 1.33. The average molecular weight is 357 g/mol. The fourth-order valence-corrected chi connectivity index (χ4v) is 4.98. The number of rotatable bonds is 5. The largest absolute Gasteiger partial charge is 0.376 e. The van der Waals surface area contributed by atoms with E-state index in [1.807, 2.05) is 11.3 Å². The van der Waals surface area contributed by atoms with Gasteiger partial charge in [0.25, 0.3) is 0 Å². The molecule has 0 radical (unpaired) electrons. The molecule has 2 aliphatic heterocycles. The minimum atomic E-state index is 0.434. The molecule has 3 nitrogen and oxygen atoms in total. The Morgan fingerprint density at radius 2 is 1.84 bits per heavy atom. The summed E-state index contributed by atoms with van der Waals surface area (Å²) in [7, 11) is 2.23. The van der Waals surface area contributed by atoms with E-state index in [1.54, 1.807) is 0 Å². The van der Waals surface area contributed by atoms with Crippen LogP contribution < -0.4 is 4.90 Å². The minimum absolute atomic E-state index is 0.434. The lowest BCUT2D eigenvalue weighted by atomic mass is 10.1. The van der Waals surface area contributed by atoms with Crippen molar-refractivity contribution in [3.05, 3.63) is 41.8 Å². The maximum atomic E-state index is 6.25. The normalized spacial score (nSPS) is 22.6. The summed E-state index contributed by atoms with van der Waals surface area (Å²) in [5.41, 5.74) is 2.72. The maximum absolute atomic E-state index is 6.25. The summed E-state index contributed by atoms with van der Waals surface area (Å²) in [4.78, 5) is 6.39. The van der Waals surface area contributed by atoms with Crippen LogP contribution in [-0.2, 0) is 4.74 Å². The van der Waals surface area contributed by atoms with Gasteiger partial charge in [0.15, 0.2) is 0 Å². The van der Waals surface area contributed by atoms with Crippen molar-refractivity contribution in [1.29, 1.82) is 0 Å². The van der Waals surface area contributed by atoms with Crippen LogP contribution in [0.25, 0.3) is 10.4 Å². The van der Waals surface area contributed by atoms with Gasteiger partial charge in [-0.05, 0) is 56.3 Å². The smallest absolute Gasteiger partial charge is 0.0625 e. The van der Waals surface area contributed by atoms with Crippen molar-refractivity contribution >= 4 is 17.0 Å². The van der Waals surface area contributed by atoms with Gasteiger partial charge in [-0.1, -0.05) is 30.3 Å². The highest BCUT2D eigenvalue weighted by atomic mass is 32.1. The summed E-state index contributed by atoms with van der Waals surface area (Å²) < 4.78 is 6.25. The van der Waals surface area contributed by atoms with Crippen molar-refractivity contribution < 1.29 is 4.74 Å². The molecule has 2 aliphatic rings. The number of ether oxygens (including phenoxy) is 1. The van der Waals surface area contributed by atoms with Gasteiger partial charge in [0.2, 0.25) is 0 Å². The lowest BCUT2D eigenvalue weighted by Gasteiger charge is -2.34. The standard InChI is InChI=1S/C21H28N2OS/c1-22-12-5-8-18(22)16-24-19-9-13-23(14-10-19)20-11-15-25-21(20)17-6-3-2-4-7-17/h2-4,6-7,11,15,18-19H,5,8-10,12-14,16H2,1H3. The molecule has 134 valence electrons. The maximum Gasteiger partial charge on any atom is 0.0625 e. The van der Waals surface area contributed by atoms with Gasteiger partial charge in [0, 0.05) is 19.1 Å². The molecule has 25 heavy (non-hydrogen) atoms. The molecule has 3 heterocycles. The van der Waals surface area contributed by atoms with E-state index in [4.69, 9.17) is 4.74 Å². The predicted octanol–water partition coefficient (Wildman–Crippen LogP) is 4.49. The molecule has 1 atom stereocenters. The van der Waals surface area contributed by atoms with Gasteiger partial charge in [-0.3, -0.25) is 0 Å². The molecular weight excluding hydrogens is 328 g/mol. The molecule has 2 saturated heterocycles. The van der Waals surface area contributed by atoms with Crippen molar-refractivity contribution in [1.82, 2.24) is 4.90 Å². The molecule has 4 heteroatoms. The molecule has 0 aliphatic carbocycles. The summed E-state index contributed by atoms with van der Waals surface area (Å²) in [6.45, 7) is 4.34. The Morgan fingerprint density at radius 3 is 2.56 bits per heavy atom. The van der Waals surface area contributed by atoms with Crippen molar-refractivity contribution in [3.63, 3.8) is 0 Å². The summed E-state index contributed by atoms with van der Waals surface area (Å²) >= 11 is 1.85. The molecule has 1 aromatic carbocycles. The van der Waals surface area contributed by atoms with Crippen LogP contribution in [0.1, 0.15) is 25.7 Å². The minimum Gasteiger partial charge on any atom is -0.376 e. The van der Waals surface area contributed by atoms with Crippen LogP contribution in [0.4, 0.5) is 5.69 Å². The van der Waals surface area contributed by atoms with Crippen LogP contribution >= 0.6 is 11.3 Å². The fourth-order valence-electron chi connectivity index (χ4n) is 4.06. The van der Waals surface area contributed by atoms with E-state index in [2.05, 4.69) is 58.6 Å². The molecule has 0 saturated carbocycles. The Bertz CT molecular complexity index is 664. The van der Waals surface area contributed by atoms with E-state index in [-0.39, 0.29) is 0 Å². The number of likely N-dealkylation sites (N-methyl/N-ethyl adjacent to an activating group) is 1. The number of hydrogen-bond acceptors (Lipinski definition) is 4. The van der Waals surface area contributed by atoms with E-state index >= 15 is 0 Å². The Hall–Kier alpha value is -1.36. The Labute approximate surface area is 155 Å². The highest BCUT2D eigenvalue weighted by Gasteiger charge is 2.25. The van der Waals surface area contributed by atoms with Gasteiger partial charge in [0.05, 0.1) is 23.3 Å². The van der Waals surface area contributed by atoms with Crippen molar-refractivity contribution in [2.45, 2.75) is 37.8 Å². The van der Waals surface area contributed by atoms with Crippen LogP contribution in [0.3, 0.4) is 0 Å². The number of benzene rings is 1. The summed E-state index contributed by atoms with van der Waals surface area (Å²) in [6, 6.07) is 13.7. The zero-order valence-corrected chi connectivity index (χ0v) is 15.9. The summed E-state index contributed by atoms with van der Waals surface area (Å²) in [5.74, 6) is 0. The molecule has 2 fully saturated rings. The first-order chi connectivity index (χ1) is 12.3. The van der Waals surface area contributed by atoms with E-state index in [9.17, 15) is 0 Å². The van der Waals surface area contributed by atoms with E-state index in [0.717, 1.165) is 32.5 Å². The third-order valence-electron chi connectivity index (χ3n) is 5.66. The molecule has 4 rings (SSSR count). The molecule has 0 N–H and O–H groups in total. The lowest BCUT2D eigenvalue weighted by Crippen LogP contribution is -2.39. The molecule has 2 aromatic rings. The first kappa shape index (κ1) is 17.1. The van der Waals surface area contributed by atoms with Crippen LogP contribution in [0.5, 0.6) is 0 Å². The monoisotopic (exact) mass is 356 g/mol. The van der Waals surface area contributed by atoms with Crippen molar-refractivity contribution in [3.8, 4) is 10.4 Å². The van der Waals surface area contributed by atoms with Gasteiger partial charge >= 0.3 is 0 Å². The summed E-state index contributed by atoms with van der Waals surface area (Å²) in [6.07, 6.45) is 5.33. The van der Waals surface area contributed by atoms with Gasteiger partial charge in [-0.2, -0.15) is 0 Å². The first-order valence-electron chi connectivity index (χ1n) is 9.51. The number of anilines is 1. The molecule has 0 spiro atoms. The van der Waals surface area contributed by atoms with Gasteiger partial charge in [0.1, 0.15) is 0 Å². The van der Waals surface area contributed by atoms with Crippen LogP contribution in [0.15, 0.2) is 41.8 Å². The second-order valence-electron chi connectivity index (χ2n) is 7.30. The van der Waals surface area contributed by atoms with Crippen molar-refractivity contribution in [2.24, 2.45) is 0 Å². The first-order valence-corrected chi connectivity index (χ1v) is 10.4. The van der Waals surface area contributed by atoms with E-state index in [1.165, 1.54) is 35.5 Å². The predicted molar refractivity (Wildman–Crippen MR) is 107 cm³/mol. The molecule has 1 unspecified atom stereocenters. The van der Waals surface area contributed by atoms with Gasteiger partial charge < -0.3 is 14.5 Å². The molecular formula is C21H28N2OS. The topological polar surface area (TPSA) is 15.7 Å². The second kappa shape index (κ2) is 7.90. The zero-order valence-electron chi connectivity index (χ0n) is 15.1. The van der Waals surface area contributed by atoms with Gasteiger partial charge in [-0.15, -0.1) is 11.3 Å². The molecule has 0 amide bonds. The number of nitrogens with zero attached hydrogens (tertiary/aromatic N) is 2. The second-order valence-corrected chi connectivity index (χ2v) is 8.21. The van der Waals surface area contributed by atoms with E-state index < -0.39 is 0 Å². The molecule has 0 bridgehead atoms. The van der Waals surface area contributed by atoms with Crippen LogP contribution in [0, 0.1) is 0 Å². The van der Waals surface area contributed by atoms with Crippen molar-refractivity contribution in [2.75, 3.05) is 38.2 Å². The fraction of sp³-hybridized carbons (Fsp3) is 0.524. The number of hydrogen-bond donors (Lipinski definition) is 0. The van der Waals surface area contributed by atoms with E-state index in [0.29, 0.717) is 12.1 Å². The quantitative estimate of drug-likeness (QED) is 0.785. The van der Waals surface area contributed by atoms with Crippen LogP contribution in [0.2, 0.25) is 0 Å². The zero-order chi connectivity index (χ0) is 17.1. The third kappa shape index (κ3) is 3.91. The SMILES string of the molecule is CN1CCCC1COC1CCN(c2ccsc2-c2ccccc2)CC1. The number of thiophene rings is 1. The highest BCUT2D eigenvalue weighted by Crippen LogP contribution is 2.37. The Morgan fingerprint density at radius 1 is 1.04 bits per heavy atom. The molecule has 1 aromatic heterocycles. The van der Waals surface area contributed by atoms with Crippen LogP contribution in [-0.4, -0.2) is 50.3 Å². The Kier molecular flexibility index (Phi) is 5.39. The third-order valence-corrected chi connectivity index (χ3v) is 6.61. The summed E-state index contributed by atoms with van der Waals surface area (Å²) in [5, 5.41) is 2.22. The highest BCUT2D eigenvalue weighted by molar-refractivity contribution is 7.14. The average Bonchev–Trinajstić information content (AvgIpc) is 3.30. The van der Waals surface area contributed by atoms with Gasteiger partial charge in [-0.25, -0.2) is 0 Å². The number of likely N-dealkylation sites (tertiary alicyclic amines) is 1. The number of piperidine rings is 1. The lowest BCUT2D eigenvalue weighted by molar-refractivity contribution is 0.0104.